The summed E-state index contributed by atoms with van der Waals surface area (Å²) in [6, 6.07) is 28.4. The SMILES string of the molecule is CCCCN(C)c1ccc(/N=N/c2ccc(N3CCN(c4ccc(/N=N/c5ccc(N(C)CCCC)cc5N)cc4)CC3)cc2)c(N)c1. The number of anilines is 6. The number of benzene rings is 4. The Morgan fingerprint density at radius 1 is 0.542 bits per heavy atom. The van der Waals surface area contributed by atoms with Gasteiger partial charge in [-0.25, -0.2) is 0 Å². The zero-order chi connectivity index (χ0) is 33.9. The minimum absolute atomic E-state index is 0.630. The van der Waals surface area contributed by atoms with Crippen LogP contribution in [-0.4, -0.2) is 53.4 Å². The maximum Gasteiger partial charge on any atom is 0.109 e. The van der Waals surface area contributed by atoms with Crippen molar-refractivity contribution in [2.24, 2.45) is 20.5 Å². The molecule has 0 aliphatic carbocycles. The highest BCUT2D eigenvalue weighted by Gasteiger charge is 2.18. The number of unbranched alkanes of at least 4 members (excludes halogenated alkanes) is 2. The van der Waals surface area contributed by atoms with Gasteiger partial charge in [0.1, 0.15) is 11.4 Å². The van der Waals surface area contributed by atoms with Crippen LogP contribution in [0.3, 0.4) is 0 Å². The highest BCUT2D eigenvalue weighted by molar-refractivity contribution is 5.70. The van der Waals surface area contributed by atoms with Crippen molar-refractivity contribution in [2.75, 3.05) is 84.4 Å². The van der Waals surface area contributed by atoms with Crippen LogP contribution in [0, 0.1) is 0 Å². The molecule has 0 spiro atoms. The highest BCUT2D eigenvalue weighted by Crippen LogP contribution is 2.31. The lowest BCUT2D eigenvalue weighted by molar-refractivity contribution is 0.653. The van der Waals surface area contributed by atoms with E-state index in [2.05, 4.69) is 92.3 Å². The fourth-order valence-electron chi connectivity index (χ4n) is 5.70. The van der Waals surface area contributed by atoms with Gasteiger partial charge >= 0.3 is 0 Å². The third-order valence-electron chi connectivity index (χ3n) is 8.85. The van der Waals surface area contributed by atoms with Crippen LogP contribution in [0.25, 0.3) is 0 Å². The summed E-state index contributed by atoms with van der Waals surface area (Å²) in [7, 11) is 4.18. The second-order valence-electron chi connectivity index (χ2n) is 12.4. The standard InChI is InChI=1S/C38H50N10/c1-5-7-21-45(3)33-17-19-37(35(39)27-33)43-41-29-9-13-31(14-10-29)47-23-25-48(26-24-47)32-15-11-30(12-16-32)42-44-38-20-18-34(28-36(38)40)46(4)22-8-6-2/h9-20,27-28H,5-8,21-26,39-40H2,1-4H3/b43-41+,44-42+. The van der Waals surface area contributed by atoms with Crippen LogP contribution < -0.4 is 31.1 Å². The number of piperazine rings is 1. The van der Waals surface area contributed by atoms with Crippen molar-refractivity contribution in [1.29, 1.82) is 0 Å². The number of hydrogen-bond donors (Lipinski definition) is 2. The lowest BCUT2D eigenvalue weighted by Gasteiger charge is -2.37. The van der Waals surface area contributed by atoms with E-state index >= 15 is 0 Å². The number of nitrogen functional groups attached to an aromatic ring is 2. The molecule has 1 fully saturated rings. The van der Waals surface area contributed by atoms with Gasteiger partial charge < -0.3 is 31.1 Å². The van der Waals surface area contributed by atoms with Gasteiger partial charge in [-0.05, 0) is 97.8 Å². The summed E-state index contributed by atoms with van der Waals surface area (Å²) in [4.78, 5) is 9.25. The lowest BCUT2D eigenvalue weighted by Crippen LogP contribution is -2.46. The van der Waals surface area contributed by atoms with Gasteiger partial charge in [0.15, 0.2) is 0 Å². The van der Waals surface area contributed by atoms with Crippen molar-refractivity contribution in [3.05, 3.63) is 84.9 Å². The van der Waals surface area contributed by atoms with E-state index in [1.165, 1.54) is 11.4 Å². The molecule has 0 bridgehead atoms. The monoisotopic (exact) mass is 646 g/mol. The van der Waals surface area contributed by atoms with Gasteiger partial charge in [-0.1, -0.05) is 26.7 Å². The number of hydrogen-bond acceptors (Lipinski definition) is 10. The molecule has 10 nitrogen and oxygen atoms in total. The molecule has 4 aromatic carbocycles. The van der Waals surface area contributed by atoms with Crippen molar-refractivity contribution >= 4 is 56.9 Å². The molecule has 1 aliphatic rings. The van der Waals surface area contributed by atoms with Crippen LogP contribution >= 0.6 is 0 Å². The second kappa shape index (κ2) is 16.6. The number of nitrogens with zero attached hydrogens (tertiary/aromatic N) is 8. The van der Waals surface area contributed by atoms with Crippen molar-refractivity contribution in [2.45, 2.75) is 39.5 Å². The molecule has 0 aromatic heterocycles. The van der Waals surface area contributed by atoms with Gasteiger partial charge in [0.05, 0.1) is 22.7 Å². The number of rotatable bonds is 14. The van der Waals surface area contributed by atoms with Crippen LogP contribution in [0.1, 0.15) is 39.5 Å². The van der Waals surface area contributed by atoms with Crippen LogP contribution in [0.15, 0.2) is 105 Å². The third kappa shape index (κ3) is 9.02. The minimum atomic E-state index is 0.630. The number of nitrogens with two attached hydrogens (primary N) is 2. The maximum atomic E-state index is 6.29. The summed E-state index contributed by atoms with van der Waals surface area (Å²) in [6.45, 7) is 10.1. The molecule has 0 saturated carbocycles. The van der Waals surface area contributed by atoms with E-state index in [4.69, 9.17) is 11.5 Å². The Hall–Kier alpha value is -5.12. The summed E-state index contributed by atoms with van der Waals surface area (Å²) in [5.41, 5.74) is 21.4. The summed E-state index contributed by atoms with van der Waals surface area (Å²) >= 11 is 0. The van der Waals surface area contributed by atoms with Crippen molar-refractivity contribution in [1.82, 2.24) is 0 Å². The Morgan fingerprint density at radius 2 is 0.917 bits per heavy atom. The van der Waals surface area contributed by atoms with Gasteiger partial charge in [-0.15, -0.1) is 10.2 Å². The fourth-order valence-corrected chi connectivity index (χ4v) is 5.70. The molecule has 1 aliphatic heterocycles. The van der Waals surface area contributed by atoms with Gasteiger partial charge in [-0.2, -0.15) is 10.2 Å². The summed E-state index contributed by atoms with van der Waals surface area (Å²) in [5.74, 6) is 0. The largest absolute Gasteiger partial charge is 0.397 e. The quantitative estimate of drug-likeness (QED) is 0.104. The molecule has 252 valence electrons. The molecule has 0 unspecified atom stereocenters. The highest BCUT2D eigenvalue weighted by atomic mass is 15.3. The summed E-state index contributed by atoms with van der Waals surface area (Å²) < 4.78 is 0. The molecule has 1 saturated heterocycles. The van der Waals surface area contributed by atoms with E-state index in [-0.39, 0.29) is 0 Å². The van der Waals surface area contributed by atoms with E-state index in [1.54, 1.807) is 0 Å². The van der Waals surface area contributed by atoms with Crippen LogP contribution in [-0.2, 0) is 0 Å². The van der Waals surface area contributed by atoms with E-state index in [0.29, 0.717) is 22.7 Å². The molecule has 0 amide bonds. The molecule has 4 N–H and O–H groups in total. The zero-order valence-corrected chi connectivity index (χ0v) is 28.9. The minimum Gasteiger partial charge on any atom is -0.397 e. The predicted octanol–water partition coefficient (Wildman–Crippen LogP) is 9.48. The molecule has 1 heterocycles. The zero-order valence-electron chi connectivity index (χ0n) is 28.9. The molecule has 10 heteroatoms. The van der Waals surface area contributed by atoms with Crippen LogP contribution in [0.4, 0.5) is 56.9 Å². The molecule has 0 atom stereocenters. The predicted molar refractivity (Wildman–Crippen MR) is 204 cm³/mol. The lowest BCUT2D eigenvalue weighted by atomic mass is 10.2. The summed E-state index contributed by atoms with van der Waals surface area (Å²) in [6.07, 6.45) is 4.62. The molecular weight excluding hydrogens is 596 g/mol. The first-order valence-corrected chi connectivity index (χ1v) is 17.1. The van der Waals surface area contributed by atoms with E-state index < -0.39 is 0 Å². The van der Waals surface area contributed by atoms with Crippen molar-refractivity contribution in [3.8, 4) is 0 Å². The first kappa shape index (κ1) is 34.2. The normalized spacial score (nSPS) is 13.5. The molecule has 4 aromatic rings. The van der Waals surface area contributed by atoms with Crippen molar-refractivity contribution in [3.63, 3.8) is 0 Å². The van der Waals surface area contributed by atoms with Gasteiger partial charge in [0, 0.05) is 76.1 Å². The van der Waals surface area contributed by atoms with Crippen LogP contribution in [0.2, 0.25) is 0 Å². The Balaban J connectivity index is 1.11. The first-order chi connectivity index (χ1) is 23.3. The Bertz CT molecular complexity index is 1530. The molecule has 0 radical (unpaired) electrons. The topological polar surface area (TPSA) is 114 Å². The fraction of sp³-hybridized carbons (Fsp3) is 0.368. The van der Waals surface area contributed by atoms with Crippen LogP contribution in [0.5, 0.6) is 0 Å². The molecular formula is C38H50N10. The first-order valence-electron chi connectivity index (χ1n) is 17.1. The number of azo groups is 2. The van der Waals surface area contributed by atoms with E-state index in [9.17, 15) is 0 Å². The average molecular weight is 647 g/mol. The van der Waals surface area contributed by atoms with Gasteiger partial charge in [0.2, 0.25) is 0 Å². The summed E-state index contributed by atoms with van der Waals surface area (Å²) in [5, 5.41) is 17.7. The van der Waals surface area contributed by atoms with E-state index in [0.717, 1.165) is 87.7 Å². The average Bonchev–Trinajstić information content (AvgIpc) is 3.12. The maximum absolute atomic E-state index is 6.29. The third-order valence-corrected chi connectivity index (χ3v) is 8.85. The van der Waals surface area contributed by atoms with Gasteiger partial charge in [0.25, 0.3) is 0 Å². The molecule has 5 rings (SSSR count). The Labute approximate surface area is 285 Å². The van der Waals surface area contributed by atoms with Gasteiger partial charge in [-0.3, -0.25) is 0 Å². The Kier molecular flexibility index (Phi) is 11.9. The van der Waals surface area contributed by atoms with Crippen molar-refractivity contribution < 1.29 is 0 Å². The smallest absolute Gasteiger partial charge is 0.109 e. The molecule has 48 heavy (non-hydrogen) atoms. The Morgan fingerprint density at radius 3 is 1.25 bits per heavy atom. The second-order valence-corrected chi connectivity index (χ2v) is 12.4. The van der Waals surface area contributed by atoms with E-state index in [1.807, 2.05) is 60.7 Å².